The van der Waals surface area contributed by atoms with Crippen LogP contribution in [0, 0.1) is 0 Å². The Kier molecular flexibility index (Phi) is 4.66. The van der Waals surface area contributed by atoms with E-state index in [0.29, 0.717) is 18.4 Å². The second kappa shape index (κ2) is 7.08. The Balaban J connectivity index is 1.82. The second-order valence-electron chi connectivity index (χ2n) is 7.06. The first-order valence-corrected chi connectivity index (χ1v) is 9.54. The van der Waals surface area contributed by atoms with Crippen LogP contribution in [-0.4, -0.2) is 35.8 Å². The van der Waals surface area contributed by atoms with Gasteiger partial charge in [-0.3, -0.25) is 4.98 Å². The lowest BCUT2D eigenvalue weighted by Crippen LogP contribution is -2.35. The number of rotatable bonds is 4. The molecule has 5 nitrogen and oxygen atoms in total. The van der Waals surface area contributed by atoms with Crippen molar-refractivity contribution in [2.45, 2.75) is 51.5 Å². The summed E-state index contributed by atoms with van der Waals surface area (Å²) in [6, 6.07) is 4.19. The van der Waals surface area contributed by atoms with Crippen molar-refractivity contribution in [1.29, 1.82) is 0 Å². The highest BCUT2D eigenvalue weighted by molar-refractivity contribution is 5.95. The number of ether oxygens (including phenoxy) is 1. The number of hydrogen-bond donors (Lipinski definition) is 3. The van der Waals surface area contributed by atoms with Gasteiger partial charge in [0.25, 0.3) is 0 Å². The van der Waals surface area contributed by atoms with E-state index in [0.717, 1.165) is 49.7 Å². The molecule has 0 bridgehead atoms. The van der Waals surface area contributed by atoms with Gasteiger partial charge in [-0.05, 0) is 70.2 Å². The van der Waals surface area contributed by atoms with Gasteiger partial charge in [-0.2, -0.15) is 0 Å². The Morgan fingerprint density at radius 2 is 2.04 bits per heavy atom. The molecule has 25 heavy (non-hydrogen) atoms. The monoisotopic (exact) mass is 341 g/mol. The Morgan fingerprint density at radius 3 is 2.84 bits per heavy atom. The van der Waals surface area contributed by atoms with Gasteiger partial charge in [0.15, 0.2) is 11.5 Å². The van der Waals surface area contributed by atoms with E-state index in [-0.39, 0.29) is 5.75 Å². The minimum Gasteiger partial charge on any atom is -0.504 e. The fourth-order valence-electron chi connectivity index (χ4n) is 4.05. The first kappa shape index (κ1) is 16.5. The van der Waals surface area contributed by atoms with Gasteiger partial charge in [0.05, 0.1) is 12.1 Å². The van der Waals surface area contributed by atoms with Gasteiger partial charge in [-0.1, -0.05) is 0 Å². The van der Waals surface area contributed by atoms with Crippen LogP contribution in [0.4, 0.5) is 5.69 Å². The lowest BCUT2D eigenvalue weighted by molar-refractivity contribution is 0.319. The van der Waals surface area contributed by atoms with Crippen molar-refractivity contribution in [3.63, 3.8) is 0 Å². The molecule has 0 unspecified atom stereocenters. The number of hydrogen-bond acceptors (Lipinski definition) is 5. The number of piperidine rings is 1. The van der Waals surface area contributed by atoms with Gasteiger partial charge in [-0.25, -0.2) is 0 Å². The minimum absolute atomic E-state index is 0.195. The quantitative estimate of drug-likeness (QED) is 0.795. The van der Waals surface area contributed by atoms with Crippen LogP contribution in [0.15, 0.2) is 12.1 Å². The largest absolute Gasteiger partial charge is 0.504 e. The van der Waals surface area contributed by atoms with Crippen LogP contribution >= 0.6 is 0 Å². The number of aromatic nitrogens is 1. The number of phenols is 1. The molecular weight excluding hydrogens is 314 g/mol. The summed E-state index contributed by atoms with van der Waals surface area (Å²) in [5, 5.41) is 18.6. The Hall–Kier alpha value is -2.01. The Morgan fingerprint density at radius 1 is 1.24 bits per heavy atom. The van der Waals surface area contributed by atoms with E-state index in [1.165, 1.54) is 29.8 Å². The molecule has 3 N–H and O–H groups in total. The zero-order chi connectivity index (χ0) is 17.2. The molecule has 0 radical (unpaired) electrons. The van der Waals surface area contributed by atoms with Gasteiger partial charge in [0.2, 0.25) is 0 Å². The number of aryl methyl sites for hydroxylation is 1. The molecule has 5 heteroatoms. The van der Waals surface area contributed by atoms with E-state index < -0.39 is 0 Å². The van der Waals surface area contributed by atoms with Crippen LogP contribution in [-0.2, 0) is 12.8 Å². The molecule has 1 aromatic carbocycles. The molecule has 1 aliphatic carbocycles. The number of phenolic OH excluding ortho intramolecular Hbond substituents is 1. The van der Waals surface area contributed by atoms with Crippen LogP contribution in [0.2, 0.25) is 0 Å². The van der Waals surface area contributed by atoms with E-state index in [9.17, 15) is 5.11 Å². The van der Waals surface area contributed by atoms with E-state index in [1.54, 1.807) is 0 Å². The van der Waals surface area contributed by atoms with Gasteiger partial charge >= 0.3 is 0 Å². The summed E-state index contributed by atoms with van der Waals surface area (Å²) < 4.78 is 5.56. The molecule has 4 rings (SSSR count). The predicted octanol–water partition coefficient (Wildman–Crippen LogP) is 3.38. The van der Waals surface area contributed by atoms with Crippen LogP contribution in [0.25, 0.3) is 10.9 Å². The topological polar surface area (TPSA) is 66.4 Å². The van der Waals surface area contributed by atoms with Crippen molar-refractivity contribution >= 4 is 16.6 Å². The molecule has 1 aromatic heterocycles. The first-order valence-electron chi connectivity index (χ1n) is 9.54. The summed E-state index contributed by atoms with van der Waals surface area (Å²) in [7, 11) is 0. The molecule has 2 aromatic rings. The maximum atomic E-state index is 10.4. The maximum absolute atomic E-state index is 10.4. The summed E-state index contributed by atoms with van der Waals surface area (Å²) in [5.74, 6) is 0.714. The zero-order valence-electron chi connectivity index (χ0n) is 14.9. The third-order valence-corrected chi connectivity index (χ3v) is 5.33. The SMILES string of the molecule is CCOc1cc2nc3c(c(NC4CCNCC4)c2cc1O)CCCC3. The number of nitrogens with one attached hydrogen (secondary N) is 2. The number of fused-ring (bicyclic) bond motifs is 2. The van der Waals surface area contributed by atoms with Crippen molar-refractivity contribution in [1.82, 2.24) is 10.3 Å². The maximum Gasteiger partial charge on any atom is 0.163 e. The van der Waals surface area contributed by atoms with E-state index >= 15 is 0 Å². The molecule has 1 fully saturated rings. The normalized spacial score (nSPS) is 18.1. The molecule has 0 atom stereocenters. The molecule has 1 saturated heterocycles. The number of benzene rings is 1. The molecule has 134 valence electrons. The molecule has 0 amide bonds. The molecule has 2 heterocycles. The molecular formula is C20H27N3O2. The molecule has 0 spiro atoms. The lowest BCUT2D eigenvalue weighted by atomic mass is 9.92. The average molecular weight is 341 g/mol. The van der Waals surface area contributed by atoms with Gasteiger partial charge in [0, 0.05) is 28.9 Å². The highest BCUT2D eigenvalue weighted by Gasteiger charge is 2.22. The summed E-state index contributed by atoms with van der Waals surface area (Å²) in [6.07, 6.45) is 6.78. The average Bonchev–Trinajstić information content (AvgIpc) is 2.64. The third kappa shape index (κ3) is 3.25. The van der Waals surface area contributed by atoms with E-state index in [2.05, 4.69) is 10.6 Å². The molecule has 1 aliphatic heterocycles. The number of anilines is 1. The smallest absolute Gasteiger partial charge is 0.163 e. The summed E-state index contributed by atoms with van der Waals surface area (Å²) in [6.45, 7) is 4.57. The minimum atomic E-state index is 0.195. The number of nitrogens with zero attached hydrogens (tertiary/aromatic N) is 1. The van der Waals surface area contributed by atoms with Crippen LogP contribution in [0.1, 0.15) is 43.9 Å². The molecule has 0 saturated carbocycles. The first-order chi connectivity index (χ1) is 12.3. The van der Waals surface area contributed by atoms with Crippen LogP contribution < -0.4 is 15.4 Å². The van der Waals surface area contributed by atoms with E-state index in [1.807, 2.05) is 19.1 Å². The van der Waals surface area contributed by atoms with E-state index in [4.69, 9.17) is 9.72 Å². The predicted molar refractivity (Wildman–Crippen MR) is 101 cm³/mol. The van der Waals surface area contributed by atoms with Gasteiger partial charge < -0.3 is 20.5 Å². The summed E-state index contributed by atoms with van der Waals surface area (Å²) in [4.78, 5) is 4.91. The van der Waals surface area contributed by atoms with Crippen molar-refractivity contribution in [2.75, 3.05) is 25.0 Å². The zero-order valence-corrected chi connectivity index (χ0v) is 14.9. The third-order valence-electron chi connectivity index (χ3n) is 5.33. The van der Waals surface area contributed by atoms with Crippen LogP contribution in [0.5, 0.6) is 11.5 Å². The van der Waals surface area contributed by atoms with Crippen molar-refractivity contribution < 1.29 is 9.84 Å². The number of aromatic hydroxyl groups is 1. The van der Waals surface area contributed by atoms with Crippen molar-refractivity contribution in [2.24, 2.45) is 0 Å². The molecule has 2 aliphatic rings. The van der Waals surface area contributed by atoms with Crippen molar-refractivity contribution in [3.8, 4) is 11.5 Å². The van der Waals surface area contributed by atoms with Gasteiger partial charge in [0.1, 0.15) is 0 Å². The fourth-order valence-corrected chi connectivity index (χ4v) is 4.05. The van der Waals surface area contributed by atoms with Crippen molar-refractivity contribution in [3.05, 3.63) is 23.4 Å². The fraction of sp³-hybridized carbons (Fsp3) is 0.550. The Labute approximate surface area is 148 Å². The Bertz CT molecular complexity index is 769. The lowest BCUT2D eigenvalue weighted by Gasteiger charge is -2.28. The summed E-state index contributed by atoms with van der Waals surface area (Å²) in [5.41, 5.74) is 4.66. The van der Waals surface area contributed by atoms with Crippen LogP contribution in [0.3, 0.4) is 0 Å². The second-order valence-corrected chi connectivity index (χ2v) is 7.06. The van der Waals surface area contributed by atoms with Gasteiger partial charge in [-0.15, -0.1) is 0 Å². The number of pyridine rings is 1. The standard InChI is InChI=1S/C20H27N3O2/c1-2-25-19-12-17-15(11-18(19)24)20(22-13-7-9-21-10-8-13)14-5-3-4-6-16(14)23-17/h11-13,21,24H,2-10H2,1H3,(H,22,23). The summed E-state index contributed by atoms with van der Waals surface area (Å²) >= 11 is 0. The highest BCUT2D eigenvalue weighted by Crippen LogP contribution is 2.39. The highest BCUT2D eigenvalue weighted by atomic mass is 16.5.